The number of rotatable bonds is 6. The Balaban J connectivity index is 2.21. The summed E-state index contributed by atoms with van der Waals surface area (Å²) in [5.74, 6) is 1.11. The van der Waals surface area contributed by atoms with Crippen molar-refractivity contribution in [1.82, 2.24) is 19.7 Å². The number of aryl methyl sites for hydroxylation is 1. The molecule has 1 N–H and O–H groups in total. The number of nitro groups is 1. The molecule has 2 aromatic rings. The van der Waals surface area contributed by atoms with Gasteiger partial charge in [-0.3, -0.25) is 10.1 Å². The second-order valence-electron chi connectivity index (χ2n) is 3.87. The summed E-state index contributed by atoms with van der Waals surface area (Å²) in [5, 5.41) is 21.6. The SMILES string of the molecule is CCn1cnnc1CNc1nc(OC)ccc1[N+](=O)[O-]. The lowest BCUT2D eigenvalue weighted by atomic mass is 10.3. The Labute approximate surface area is 114 Å². The molecule has 0 saturated carbocycles. The van der Waals surface area contributed by atoms with Crippen molar-refractivity contribution in [2.45, 2.75) is 20.0 Å². The average molecular weight is 278 g/mol. The molecule has 9 nitrogen and oxygen atoms in total. The maximum atomic E-state index is 11.0. The molecule has 0 aliphatic rings. The molecule has 0 unspecified atom stereocenters. The van der Waals surface area contributed by atoms with Crippen LogP contribution in [0.1, 0.15) is 12.7 Å². The largest absolute Gasteiger partial charge is 0.481 e. The van der Waals surface area contributed by atoms with Gasteiger partial charge in [-0.05, 0) is 6.92 Å². The van der Waals surface area contributed by atoms with Crippen LogP contribution in [0.2, 0.25) is 0 Å². The van der Waals surface area contributed by atoms with Gasteiger partial charge in [0.15, 0.2) is 5.82 Å². The van der Waals surface area contributed by atoms with Crippen molar-refractivity contribution in [1.29, 1.82) is 0 Å². The average Bonchev–Trinajstić information content (AvgIpc) is 2.91. The second kappa shape index (κ2) is 5.95. The van der Waals surface area contributed by atoms with Gasteiger partial charge in [0.25, 0.3) is 0 Å². The molecule has 0 fully saturated rings. The third-order valence-corrected chi connectivity index (χ3v) is 2.70. The van der Waals surface area contributed by atoms with Crippen molar-refractivity contribution in [3.8, 4) is 5.88 Å². The number of nitrogens with one attached hydrogen (secondary N) is 1. The van der Waals surface area contributed by atoms with Crippen molar-refractivity contribution in [2.75, 3.05) is 12.4 Å². The lowest BCUT2D eigenvalue weighted by molar-refractivity contribution is -0.384. The van der Waals surface area contributed by atoms with E-state index in [0.29, 0.717) is 11.7 Å². The molecule has 20 heavy (non-hydrogen) atoms. The molecular formula is C11H14N6O3. The Morgan fingerprint density at radius 2 is 2.30 bits per heavy atom. The van der Waals surface area contributed by atoms with Crippen LogP contribution < -0.4 is 10.1 Å². The molecule has 2 heterocycles. The van der Waals surface area contributed by atoms with Crippen molar-refractivity contribution in [3.63, 3.8) is 0 Å². The highest BCUT2D eigenvalue weighted by Crippen LogP contribution is 2.25. The van der Waals surface area contributed by atoms with Gasteiger partial charge in [-0.15, -0.1) is 10.2 Å². The number of hydrogen-bond donors (Lipinski definition) is 1. The highest BCUT2D eigenvalue weighted by molar-refractivity contribution is 5.56. The minimum atomic E-state index is -0.501. The van der Waals surface area contributed by atoms with E-state index in [-0.39, 0.29) is 18.1 Å². The summed E-state index contributed by atoms with van der Waals surface area (Å²) >= 11 is 0. The summed E-state index contributed by atoms with van der Waals surface area (Å²) in [7, 11) is 1.45. The topological polar surface area (TPSA) is 108 Å². The third-order valence-electron chi connectivity index (χ3n) is 2.70. The van der Waals surface area contributed by atoms with Gasteiger partial charge in [0.2, 0.25) is 11.7 Å². The Hall–Kier alpha value is -2.71. The maximum Gasteiger partial charge on any atom is 0.311 e. The zero-order chi connectivity index (χ0) is 14.5. The summed E-state index contributed by atoms with van der Waals surface area (Å²) in [4.78, 5) is 14.5. The van der Waals surface area contributed by atoms with Crippen LogP contribution in [0.5, 0.6) is 5.88 Å². The predicted octanol–water partition coefficient (Wildman–Crippen LogP) is 1.22. The molecule has 0 aliphatic heterocycles. The van der Waals surface area contributed by atoms with Crippen LogP contribution in [0.25, 0.3) is 0 Å². The summed E-state index contributed by atoms with van der Waals surface area (Å²) in [6.45, 7) is 2.96. The van der Waals surface area contributed by atoms with Crippen molar-refractivity contribution < 1.29 is 9.66 Å². The number of methoxy groups -OCH3 is 1. The molecule has 9 heteroatoms. The number of hydrogen-bond acceptors (Lipinski definition) is 7. The number of aromatic nitrogens is 4. The van der Waals surface area contributed by atoms with E-state index in [1.54, 1.807) is 6.33 Å². The molecule has 0 atom stereocenters. The first-order valence-corrected chi connectivity index (χ1v) is 5.95. The quantitative estimate of drug-likeness (QED) is 0.625. The van der Waals surface area contributed by atoms with E-state index < -0.39 is 4.92 Å². The lowest BCUT2D eigenvalue weighted by Crippen LogP contribution is -2.10. The zero-order valence-corrected chi connectivity index (χ0v) is 11.1. The van der Waals surface area contributed by atoms with Crippen molar-refractivity contribution in [3.05, 3.63) is 34.4 Å². The Morgan fingerprint density at radius 3 is 2.95 bits per heavy atom. The van der Waals surface area contributed by atoms with Crippen LogP contribution in [0.3, 0.4) is 0 Å². The van der Waals surface area contributed by atoms with Gasteiger partial charge in [-0.25, -0.2) is 0 Å². The van der Waals surface area contributed by atoms with Crippen LogP contribution in [0.4, 0.5) is 11.5 Å². The molecule has 0 radical (unpaired) electrons. The highest BCUT2D eigenvalue weighted by atomic mass is 16.6. The summed E-state index contributed by atoms with van der Waals surface area (Å²) in [5.41, 5.74) is -0.117. The van der Waals surface area contributed by atoms with Crippen LogP contribution >= 0.6 is 0 Å². The summed E-state index contributed by atoms with van der Waals surface area (Å²) < 4.78 is 6.80. The van der Waals surface area contributed by atoms with Crippen LogP contribution in [0, 0.1) is 10.1 Å². The monoisotopic (exact) mass is 278 g/mol. The zero-order valence-electron chi connectivity index (χ0n) is 11.1. The van der Waals surface area contributed by atoms with E-state index in [1.807, 2.05) is 11.5 Å². The molecule has 0 bridgehead atoms. The van der Waals surface area contributed by atoms with E-state index in [9.17, 15) is 10.1 Å². The first kappa shape index (κ1) is 13.7. The van der Waals surface area contributed by atoms with Gasteiger partial charge in [0.1, 0.15) is 6.33 Å². The van der Waals surface area contributed by atoms with Gasteiger partial charge in [-0.1, -0.05) is 0 Å². The highest BCUT2D eigenvalue weighted by Gasteiger charge is 2.16. The van der Waals surface area contributed by atoms with E-state index in [1.165, 1.54) is 19.2 Å². The molecule has 106 valence electrons. The molecular weight excluding hydrogens is 264 g/mol. The fourth-order valence-electron chi connectivity index (χ4n) is 1.67. The van der Waals surface area contributed by atoms with E-state index in [4.69, 9.17) is 4.74 Å². The first-order chi connectivity index (χ1) is 9.65. The molecule has 2 aromatic heterocycles. The van der Waals surface area contributed by atoms with Crippen LogP contribution in [0.15, 0.2) is 18.5 Å². The van der Waals surface area contributed by atoms with Gasteiger partial charge >= 0.3 is 5.69 Å². The van der Waals surface area contributed by atoms with Crippen LogP contribution in [-0.4, -0.2) is 31.8 Å². The van der Waals surface area contributed by atoms with Crippen molar-refractivity contribution >= 4 is 11.5 Å². The second-order valence-corrected chi connectivity index (χ2v) is 3.87. The summed E-state index contributed by atoms with van der Waals surface area (Å²) in [6, 6.07) is 2.79. The normalized spacial score (nSPS) is 10.3. The Bertz CT molecular complexity index is 612. The smallest absolute Gasteiger partial charge is 0.311 e. The molecule has 2 rings (SSSR count). The number of nitrogens with zero attached hydrogens (tertiary/aromatic N) is 5. The number of pyridine rings is 1. The minimum absolute atomic E-state index is 0.117. The van der Waals surface area contributed by atoms with Gasteiger partial charge < -0.3 is 14.6 Å². The fourth-order valence-corrected chi connectivity index (χ4v) is 1.67. The molecule has 0 spiro atoms. The van der Waals surface area contributed by atoms with Gasteiger partial charge in [0.05, 0.1) is 18.6 Å². The lowest BCUT2D eigenvalue weighted by Gasteiger charge is -2.08. The van der Waals surface area contributed by atoms with E-state index >= 15 is 0 Å². The van der Waals surface area contributed by atoms with Gasteiger partial charge in [0, 0.05) is 18.7 Å². The third kappa shape index (κ3) is 2.82. The molecule has 0 aliphatic carbocycles. The molecule has 0 saturated heterocycles. The van der Waals surface area contributed by atoms with Crippen molar-refractivity contribution in [2.24, 2.45) is 0 Å². The maximum absolute atomic E-state index is 11.0. The minimum Gasteiger partial charge on any atom is -0.481 e. The van der Waals surface area contributed by atoms with E-state index in [2.05, 4.69) is 20.5 Å². The van der Waals surface area contributed by atoms with E-state index in [0.717, 1.165) is 6.54 Å². The van der Waals surface area contributed by atoms with Gasteiger partial charge in [-0.2, -0.15) is 4.98 Å². The fraction of sp³-hybridized carbons (Fsp3) is 0.364. The molecule has 0 amide bonds. The Kier molecular flexibility index (Phi) is 4.08. The molecule has 0 aromatic carbocycles. The van der Waals surface area contributed by atoms with Crippen LogP contribution in [-0.2, 0) is 13.1 Å². The Morgan fingerprint density at radius 1 is 1.50 bits per heavy atom. The summed E-state index contributed by atoms with van der Waals surface area (Å²) in [6.07, 6.45) is 1.60. The first-order valence-electron chi connectivity index (χ1n) is 5.95. The number of anilines is 1. The standard InChI is InChI=1S/C11H14N6O3/c1-3-16-7-13-15-9(16)6-12-11-8(17(18)19)4-5-10(14-11)20-2/h4-5,7H,3,6H2,1-2H3,(H,12,14). The predicted molar refractivity (Wildman–Crippen MR) is 70.5 cm³/mol. The number of ether oxygens (including phenoxy) is 1.